The molecular weight excluding hydrogens is 112 g/mol. The van der Waals surface area contributed by atoms with E-state index in [1.54, 1.807) is 0 Å². The van der Waals surface area contributed by atoms with E-state index < -0.39 is 0 Å². The van der Waals surface area contributed by atoms with Crippen LogP contribution in [0, 0.1) is 0 Å². The molecule has 2 heteroatoms. The van der Waals surface area contributed by atoms with Crippen LogP contribution in [0.5, 0.6) is 0 Å². The van der Waals surface area contributed by atoms with Crippen LogP contribution < -0.4 is 11.1 Å². The van der Waals surface area contributed by atoms with E-state index in [4.69, 9.17) is 5.73 Å². The van der Waals surface area contributed by atoms with Gasteiger partial charge in [-0.3, -0.25) is 0 Å². The fourth-order valence-electron chi connectivity index (χ4n) is 0.677. The molecule has 0 aliphatic rings. The Balaban J connectivity index is 2.60. The number of nitrogens with two attached hydrogens (primary N) is 1. The summed E-state index contributed by atoms with van der Waals surface area (Å²) in [5, 5.41) is 4.20. The van der Waals surface area contributed by atoms with Crippen LogP contribution in [0.2, 0.25) is 0 Å². The molecule has 0 heterocycles. The molecule has 0 saturated heterocycles. The molecule has 0 aromatic carbocycles. The maximum Gasteiger partial charge on any atom is 0.0256 e. The molecule has 0 fully saturated rings. The van der Waals surface area contributed by atoms with Gasteiger partial charge in [0.1, 0.15) is 0 Å². The van der Waals surface area contributed by atoms with Gasteiger partial charge in [-0.1, -0.05) is 19.8 Å². The summed E-state index contributed by atoms with van der Waals surface area (Å²) in [5.41, 5.74) is 5.25. The van der Waals surface area contributed by atoms with Gasteiger partial charge < -0.3 is 5.73 Å². The minimum Gasteiger partial charge on any atom is -0.329 e. The fourth-order valence-corrected chi connectivity index (χ4v) is 0.677. The van der Waals surface area contributed by atoms with E-state index in [-0.39, 0.29) is 0 Å². The van der Waals surface area contributed by atoms with Crippen molar-refractivity contribution in [2.24, 2.45) is 5.73 Å². The normalized spacial score (nSPS) is 10.0. The second-order valence-electron chi connectivity index (χ2n) is 2.17. The lowest BCUT2D eigenvalue weighted by atomic mass is 10.2. The largest absolute Gasteiger partial charge is 0.329 e. The molecule has 0 aliphatic carbocycles. The second-order valence-corrected chi connectivity index (χ2v) is 2.17. The van der Waals surface area contributed by atoms with Gasteiger partial charge in [-0.15, -0.1) is 0 Å². The van der Waals surface area contributed by atoms with E-state index in [1.807, 2.05) is 0 Å². The second kappa shape index (κ2) is 7.92. The highest BCUT2D eigenvalue weighted by Gasteiger charge is 1.85. The van der Waals surface area contributed by atoms with Crippen LogP contribution in [0.1, 0.15) is 26.2 Å². The molecule has 0 aromatic heterocycles. The highest BCUT2D eigenvalue weighted by Crippen LogP contribution is 1.90. The van der Waals surface area contributed by atoms with Crippen LogP contribution in [0.15, 0.2) is 0 Å². The monoisotopic (exact) mass is 129 g/mol. The average molecular weight is 129 g/mol. The van der Waals surface area contributed by atoms with Gasteiger partial charge in [-0.25, -0.2) is 5.32 Å². The van der Waals surface area contributed by atoms with Gasteiger partial charge in [-0.2, -0.15) is 0 Å². The van der Waals surface area contributed by atoms with Gasteiger partial charge in [-0.05, 0) is 6.42 Å². The standard InChI is InChI=1S/C7H17N2/c1-2-3-4-6-9-7-5-8/h2-8H2,1H3. The zero-order valence-corrected chi connectivity index (χ0v) is 6.27. The number of unbranched alkanes of at least 4 members (excludes halogenated alkanes) is 2. The van der Waals surface area contributed by atoms with Crippen molar-refractivity contribution in [3.8, 4) is 0 Å². The van der Waals surface area contributed by atoms with Crippen molar-refractivity contribution in [1.82, 2.24) is 5.32 Å². The Hall–Kier alpha value is -0.0800. The smallest absolute Gasteiger partial charge is 0.0256 e. The predicted molar refractivity (Wildman–Crippen MR) is 40.4 cm³/mol. The number of rotatable bonds is 6. The Morgan fingerprint density at radius 2 is 2.00 bits per heavy atom. The van der Waals surface area contributed by atoms with E-state index in [0.29, 0.717) is 6.54 Å². The maximum atomic E-state index is 5.25. The molecule has 2 nitrogen and oxygen atoms in total. The molecular formula is C7H17N2. The summed E-state index contributed by atoms with van der Waals surface area (Å²) < 4.78 is 0. The molecule has 0 saturated carbocycles. The van der Waals surface area contributed by atoms with Crippen molar-refractivity contribution in [1.29, 1.82) is 0 Å². The van der Waals surface area contributed by atoms with Crippen molar-refractivity contribution < 1.29 is 0 Å². The summed E-state index contributed by atoms with van der Waals surface area (Å²) in [6.07, 6.45) is 3.81. The van der Waals surface area contributed by atoms with Crippen molar-refractivity contribution in [3.63, 3.8) is 0 Å². The summed E-state index contributed by atoms with van der Waals surface area (Å²) >= 11 is 0. The van der Waals surface area contributed by atoms with Gasteiger partial charge in [0.15, 0.2) is 0 Å². The van der Waals surface area contributed by atoms with Crippen molar-refractivity contribution in [3.05, 3.63) is 0 Å². The van der Waals surface area contributed by atoms with E-state index in [0.717, 1.165) is 13.1 Å². The van der Waals surface area contributed by atoms with E-state index in [1.165, 1.54) is 19.3 Å². The molecule has 0 amide bonds. The summed E-state index contributed by atoms with van der Waals surface area (Å²) in [5.74, 6) is 0. The summed E-state index contributed by atoms with van der Waals surface area (Å²) in [7, 11) is 0. The molecule has 0 spiro atoms. The summed E-state index contributed by atoms with van der Waals surface area (Å²) in [6.45, 7) is 4.74. The van der Waals surface area contributed by atoms with Gasteiger partial charge >= 0.3 is 0 Å². The van der Waals surface area contributed by atoms with E-state index in [2.05, 4.69) is 12.2 Å². The quantitative estimate of drug-likeness (QED) is 0.528. The van der Waals surface area contributed by atoms with Gasteiger partial charge in [0, 0.05) is 19.6 Å². The highest BCUT2D eigenvalue weighted by molar-refractivity contribution is 4.46. The Kier molecular flexibility index (Phi) is 7.85. The lowest BCUT2D eigenvalue weighted by Crippen LogP contribution is -2.16. The predicted octanol–water partition coefficient (Wildman–Crippen LogP) is 0.740. The Bertz CT molecular complexity index is 40.2. The van der Waals surface area contributed by atoms with Crippen molar-refractivity contribution in [2.75, 3.05) is 19.6 Å². The summed E-state index contributed by atoms with van der Waals surface area (Å²) in [4.78, 5) is 0. The zero-order chi connectivity index (χ0) is 6.95. The van der Waals surface area contributed by atoms with Crippen LogP contribution in [0.4, 0.5) is 0 Å². The molecule has 0 unspecified atom stereocenters. The number of hydrogen-bond acceptors (Lipinski definition) is 1. The third-order valence-corrected chi connectivity index (χ3v) is 1.21. The Morgan fingerprint density at radius 1 is 1.22 bits per heavy atom. The lowest BCUT2D eigenvalue weighted by Gasteiger charge is -1.97. The number of hydrogen-bond donors (Lipinski definition) is 1. The van der Waals surface area contributed by atoms with E-state index >= 15 is 0 Å². The van der Waals surface area contributed by atoms with Crippen molar-refractivity contribution in [2.45, 2.75) is 26.2 Å². The number of nitrogens with zero attached hydrogens (tertiary/aromatic N) is 1. The minimum absolute atomic E-state index is 0.701. The minimum atomic E-state index is 0.701. The average Bonchev–Trinajstić information content (AvgIpc) is 1.89. The maximum absolute atomic E-state index is 5.25. The molecule has 0 aromatic rings. The molecule has 2 N–H and O–H groups in total. The topological polar surface area (TPSA) is 40.1 Å². The SMILES string of the molecule is CCCCC[N]CCN. The van der Waals surface area contributed by atoms with Gasteiger partial charge in [0.25, 0.3) is 0 Å². The van der Waals surface area contributed by atoms with Crippen LogP contribution in [-0.4, -0.2) is 19.6 Å². The highest BCUT2D eigenvalue weighted by atomic mass is 14.9. The molecule has 9 heavy (non-hydrogen) atoms. The molecule has 0 aliphatic heterocycles. The Labute approximate surface area is 57.8 Å². The first-order valence-corrected chi connectivity index (χ1v) is 3.75. The third kappa shape index (κ3) is 7.92. The molecule has 0 atom stereocenters. The summed E-state index contributed by atoms with van der Waals surface area (Å²) in [6, 6.07) is 0. The third-order valence-electron chi connectivity index (χ3n) is 1.21. The van der Waals surface area contributed by atoms with Gasteiger partial charge in [0.2, 0.25) is 0 Å². The van der Waals surface area contributed by atoms with Crippen LogP contribution in [0.3, 0.4) is 0 Å². The van der Waals surface area contributed by atoms with Gasteiger partial charge in [0.05, 0.1) is 0 Å². The first-order valence-electron chi connectivity index (χ1n) is 3.75. The zero-order valence-electron chi connectivity index (χ0n) is 6.27. The van der Waals surface area contributed by atoms with Crippen molar-refractivity contribution >= 4 is 0 Å². The van der Waals surface area contributed by atoms with Crippen LogP contribution >= 0.6 is 0 Å². The molecule has 0 bridgehead atoms. The fraction of sp³-hybridized carbons (Fsp3) is 1.00. The first kappa shape index (κ1) is 8.92. The lowest BCUT2D eigenvalue weighted by molar-refractivity contribution is 0.611. The van der Waals surface area contributed by atoms with Crippen LogP contribution in [-0.2, 0) is 0 Å². The van der Waals surface area contributed by atoms with Crippen LogP contribution in [0.25, 0.3) is 0 Å². The molecule has 1 radical (unpaired) electrons. The Morgan fingerprint density at radius 3 is 2.56 bits per heavy atom. The first-order chi connectivity index (χ1) is 4.41. The van der Waals surface area contributed by atoms with E-state index in [9.17, 15) is 0 Å². The molecule has 55 valence electrons. The molecule has 0 rings (SSSR count).